The smallest absolute Gasteiger partial charge is 0.153 e. The molecule has 0 radical (unpaired) electrons. The van der Waals surface area contributed by atoms with Crippen LogP contribution in [0, 0.1) is 12.8 Å². The Kier molecular flexibility index (Phi) is 3.97. The summed E-state index contributed by atoms with van der Waals surface area (Å²) in [6, 6.07) is 3.85. The summed E-state index contributed by atoms with van der Waals surface area (Å²) >= 11 is 1.73. The molecule has 2 aromatic heterocycles. The van der Waals surface area contributed by atoms with Gasteiger partial charge in [-0.3, -0.25) is 0 Å². The first-order valence-corrected chi connectivity index (χ1v) is 6.69. The minimum Gasteiger partial charge on any atom is -0.463 e. The highest BCUT2D eigenvalue weighted by molar-refractivity contribution is 7.12. The molecule has 3 nitrogen and oxygen atoms in total. The zero-order valence-corrected chi connectivity index (χ0v) is 11.3. The molecular weight excluding hydrogens is 232 g/mol. The minimum atomic E-state index is 0.667. The van der Waals surface area contributed by atoms with E-state index in [2.05, 4.69) is 31.1 Å². The van der Waals surface area contributed by atoms with Crippen LogP contribution in [0.5, 0.6) is 0 Å². The van der Waals surface area contributed by atoms with Crippen molar-refractivity contribution in [1.82, 2.24) is 10.3 Å². The van der Waals surface area contributed by atoms with Crippen LogP contribution in [0.1, 0.15) is 23.7 Å². The minimum absolute atomic E-state index is 0.667. The zero-order valence-electron chi connectivity index (χ0n) is 10.5. The zero-order chi connectivity index (χ0) is 12.3. The van der Waals surface area contributed by atoms with Crippen molar-refractivity contribution < 1.29 is 4.42 Å². The van der Waals surface area contributed by atoms with Gasteiger partial charge in [0.1, 0.15) is 10.7 Å². The first-order chi connectivity index (χ1) is 8.16. The lowest BCUT2D eigenvalue weighted by Gasteiger charge is -2.04. The second-order valence-electron chi connectivity index (χ2n) is 4.51. The normalized spacial score (nSPS) is 11.3. The second-order valence-corrected chi connectivity index (χ2v) is 5.80. The van der Waals surface area contributed by atoms with Gasteiger partial charge in [0.15, 0.2) is 5.76 Å². The summed E-state index contributed by atoms with van der Waals surface area (Å²) in [5.74, 6) is 1.52. The van der Waals surface area contributed by atoms with E-state index < -0.39 is 0 Å². The summed E-state index contributed by atoms with van der Waals surface area (Å²) in [7, 11) is 0. The molecule has 0 saturated carbocycles. The average molecular weight is 250 g/mol. The van der Waals surface area contributed by atoms with E-state index in [1.54, 1.807) is 17.6 Å². The van der Waals surface area contributed by atoms with Gasteiger partial charge in [0, 0.05) is 11.4 Å². The van der Waals surface area contributed by atoms with Gasteiger partial charge in [-0.1, -0.05) is 13.8 Å². The Morgan fingerprint density at radius 1 is 1.47 bits per heavy atom. The number of furan rings is 1. The fourth-order valence-electron chi connectivity index (χ4n) is 1.64. The predicted molar refractivity (Wildman–Crippen MR) is 71.1 cm³/mol. The van der Waals surface area contributed by atoms with E-state index in [0.29, 0.717) is 5.92 Å². The number of thiazole rings is 1. The Balaban J connectivity index is 2.04. The maximum absolute atomic E-state index is 5.38. The summed E-state index contributed by atoms with van der Waals surface area (Å²) < 4.78 is 5.38. The maximum Gasteiger partial charge on any atom is 0.153 e. The van der Waals surface area contributed by atoms with Gasteiger partial charge in [0.2, 0.25) is 0 Å². The Morgan fingerprint density at radius 2 is 2.29 bits per heavy atom. The maximum atomic E-state index is 5.38. The van der Waals surface area contributed by atoms with Crippen LogP contribution < -0.4 is 5.32 Å². The summed E-state index contributed by atoms with van der Waals surface area (Å²) in [6.45, 7) is 8.35. The SMILES string of the molecule is Cc1sc(CNCC(C)C)nc1-c1ccco1. The van der Waals surface area contributed by atoms with Gasteiger partial charge in [0.05, 0.1) is 6.26 Å². The third kappa shape index (κ3) is 3.17. The van der Waals surface area contributed by atoms with E-state index in [1.165, 1.54) is 4.88 Å². The van der Waals surface area contributed by atoms with Crippen LogP contribution in [0.15, 0.2) is 22.8 Å². The van der Waals surface area contributed by atoms with Crippen molar-refractivity contribution >= 4 is 11.3 Å². The third-order valence-electron chi connectivity index (χ3n) is 2.42. The highest BCUT2D eigenvalue weighted by Crippen LogP contribution is 2.27. The average Bonchev–Trinajstić information content (AvgIpc) is 2.86. The number of nitrogens with one attached hydrogen (secondary N) is 1. The fourth-order valence-corrected chi connectivity index (χ4v) is 2.54. The lowest BCUT2D eigenvalue weighted by Crippen LogP contribution is -2.18. The van der Waals surface area contributed by atoms with E-state index in [-0.39, 0.29) is 0 Å². The van der Waals surface area contributed by atoms with Crippen LogP contribution in [0.4, 0.5) is 0 Å². The van der Waals surface area contributed by atoms with Crippen molar-refractivity contribution in [2.45, 2.75) is 27.3 Å². The largest absolute Gasteiger partial charge is 0.463 e. The van der Waals surface area contributed by atoms with Gasteiger partial charge < -0.3 is 9.73 Å². The highest BCUT2D eigenvalue weighted by Gasteiger charge is 2.11. The standard InChI is InChI=1S/C13H18N2OS/c1-9(2)7-14-8-12-15-13(10(3)17-12)11-5-4-6-16-11/h4-6,9,14H,7-8H2,1-3H3. The number of hydrogen-bond acceptors (Lipinski definition) is 4. The van der Waals surface area contributed by atoms with Gasteiger partial charge in [-0.25, -0.2) is 4.98 Å². The predicted octanol–water partition coefficient (Wildman–Crippen LogP) is 3.46. The number of hydrogen-bond donors (Lipinski definition) is 1. The van der Waals surface area contributed by atoms with Gasteiger partial charge in [0.25, 0.3) is 0 Å². The number of nitrogens with zero attached hydrogens (tertiary/aromatic N) is 1. The molecule has 0 aliphatic rings. The summed E-state index contributed by atoms with van der Waals surface area (Å²) in [6.07, 6.45) is 1.69. The van der Waals surface area contributed by atoms with E-state index in [4.69, 9.17) is 4.42 Å². The van der Waals surface area contributed by atoms with Crippen molar-refractivity contribution in [3.63, 3.8) is 0 Å². The van der Waals surface area contributed by atoms with Crippen LogP contribution in [0.3, 0.4) is 0 Å². The summed E-state index contributed by atoms with van der Waals surface area (Å²) in [5.41, 5.74) is 0.973. The van der Waals surface area contributed by atoms with Crippen LogP contribution >= 0.6 is 11.3 Å². The number of aromatic nitrogens is 1. The number of aryl methyl sites for hydroxylation is 1. The molecule has 2 rings (SSSR count). The fraction of sp³-hybridized carbons (Fsp3) is 0.462. The van der Waals surface area contributed by atoms with E-state index in [0.717, 1.165) is 29.6 Å². The molecule has 0 bridgehead atoms. The van der Waals surface area contributed by atoms with Crippen LogP contribution in [-0.4, -0.2) is 11.5 Å². The van der Waals surface area contributed by atoms with Crippen molar-refractivity contribution in [2.75, 3.05) is 6.54 Å². The van der Waals surface area contributed by atoms with Crippen molar-refractivity contribution in [3.8, 4) is 11.5 Å². The van der Waals surface area contributed by atoms with Gasteiger partial charge in [-0.05, 0) is 31.5 Å². The molecule has 0 aliphatic heterocycles. The highest BCUT2D eigenvalue weighted by atomic mass is 32.1. The van der Waals surface area contributed by atoms with Crippen LogP contribution in [-0.2, 0) is 6.54 Å². The second kappa shape index (κ2) is 5.47. The summed E-state index contributed by atoms with van der Waals surface area (Å²) in [5, 5.41) is 4.52. The molecule has 0 fully saturated rings. The lowest BCUT2D eigenvalue weighted by atomic mass is 10.2. The molecule has 0 amide bonds. The third-order valence-corrected chi connectivity index (χ3v) is 3.40. The molecule has 0 atom stereocenters. The Labute approximate surface area is 106 Å². The molecule has 0 unspecified atom stereocenters. The lowest BCUT2D eigenvalue weighted by molar-refractivity contribution is 0.551. The Bertz CT molecular complexity index is 460. The van der Waals surface area contributed by atoms with E-state index in [1.807, 2.05) is 12.1 Å². The van der Waals surface area contributed by atoms with Crippen LogP contribution in [0.2, 0.25) is 0 Å². The van der Waals surface area contributed by atoms with Gasteiger partial charge in [-0.15, -0.1) is 11.3 Å². The topological polar surface area (TPSA) is 38.1 Å². The van der Waals surface area contributed by atoms with Gasteiger partial charge >= 0.3 is 0 Å². The quantitative estimate of drug-likeness (QED) is 0.883. The first kappa shape index (κ1) is 12.3. The van der Waals surface area contributed by atoms with Gasteiger partial charge in [-0.2, -0.15) is 0 Å². The van der Waals surface area contributed by atoms with Crippen molar-refractivity contribution in [2.24, 2.45) is 5.92 Å². The Hall–Kier alpha value is -1.13. The molecule has 0 aromatic carbocycles. The summed E-state index contributed by atoms with van der Waals surface area (Å²) in [4.78, 5) is 5.82. The van der Waals surface area contributed by atoms with Crippen molar-refractivity contribution in [1.29, 1.82) is 0 Å². The van der Waals surface area contributed by atoms with E-state index >= 15 is 0 Å². The molecule has 92 valence electrons. The molecule has 0 saturated heterocycles. The number of rotatable bonds is 5. The Morgan fingerprint density at radius 3 is 2.94 bits per heavy atom. The molecule has 0 spiro atoms. The molecular formula is C13H18N2OS. The molecule has 0 aliphatic carbocycles. The molecule has 2 aromatic rings. The molecule has 17 heavy (non-hydrogen) atoms. The molecule has 4 heteroatoms. The monoisotopic (exact) mass is 250 g/mol. The van der Waals surface area contributed by atoms with Crippen molar-refractivity contribution in [3.05, 3.63) is 28.3 Å². The van der Waals surface area contributed by atoms with E-state index in [9.17, 15) is 0 Å². The molecule has 2 heterocycles. The van der Waals surface area contributed by atoms with Crippen LogP contribution in [0.25, 0.3) is 11.5 Å². The molecule has 1 N–H and O–H groups in total. The first-order valence-electron chi connectivity index (χ1n) is 5.87.